The fourth-order valence-corrected chi connectivity index (χ4v) is 5.10. The lowest BCUT2D eigenvalue weighted by Gasteiger charge is -2.27. The van der Waals surface area contributed by atoms with Crippen LogP contribution in [0.25, 0.3) is 0 Å². The van der Waals surface area contributed by atoms with E-state index in [1.165, 1.54) is 16.4 Å². The summed E-state index contributed by atoms with van der Waals surface area (Å²) in [5, 5.41) is 0. The third-order valence-electron chi connectivity index (χ3n) is 4.67. The second-order valence-electron chi connectivity index (χ2n) is 6.22. The molecule has 0 aromatic heterocycles. The number of hydrogen-bond acceptors (Lipinski definition) is 3. The molecule has 3 rings (SSSR count). The lowest BCUT2D eigenvalue weighted by Crippen LogP contribution is -2.36. The smallest absolute Gasteiger partial charge is 0.214 e. The molecule has 2 atom stereocenters. The van der Waals surface area contributed by atoms with Crippen molar-refractivity contribution in [3.63, 3.8) is 0 Å². The monoisotopic (exact) mass is 312 g/mol. The molecule has 4 nitrogen and oxygen atoms in total. The van der Waals surface area contributed by atoms with Gasteiger partial charge in [0.25, 0.3) is 0 Å². The number of nitrogens with two attached hydrogens (primary N) is 1. The topological polar surface area (TPSA) is 63.4 Å². The molecule has 1 aliphatic carbocycles. The van der Waals surface area contributed by atoms with Crippen molar-refractivity contribution >= 4 is 10.0 Å². The van der Waals surface area contributed by atoms with Gasteiger partial charge in [0.05, 0.1) is 5.75 Å². The average molecular weight is 312 g/mol. The fourth-order valence-electron chi connectivity index (χ4n) is 3.17. The Bertz CT molecular complexity index is 616. The Balaban J connectivity index is 1.73. The van der Waals surface area contributed by atoms with Crippen LogP contribution in [0, 0.1) is 11.7 Å². The largest absolute Gasteiger partial charge is 0.326 e. The first kappa shape index (κ1) is 14.9. The molecular formula is C15H21FN2O2S. The van der Waals surface area contributed by atoms with Gasteiger partial charge in [-0.05, 0) is 36.5 Å². The van der Waals surface area contributed by atoms with Crippen LogP contribution in [0.4, 0.5) is 4.39 Å². The molecule has 2 N–H and O–H groups in total. The molecule has 1 aromatic carbocycles. The van der Waals surface area contributed by atoms with Crippen LogP contribution in [-0.4, -0.2) is 37.6 Å². The van der Waals surface area contributed by atoms with E-state index in [4.69, 9.17) is 5.73 Å². The van der Waals surface area contributed by atoms with Gasteiger partial charge in [0.2, 0.25) is 10.0 Å². The molecule has 1 saturated carbocycles. The van der Waals surface area contributed by atoms with Crippen molar-refractivity contribution in [1.82, 2.24) is 4.31 Å². The molecular weight excluding hydrogens is 291 g/mol. The van der Waals surface area contributed by atoms with E-state index in [-0.39, 0.29) is 23.5 Å². The first-order valence-electron chi connectivity index (χ1n) is 7.44. The van der Waals surface area contributed by atoms with Gasteiger partial charge in [-0.25, -0.2) is 12.8 Å². The molecule has 1 saturated heterocycles. The Labute approximate surface area is 125 Å². The van der Waals surface area contributed by atoms with Gasteiger partial charge in [-0.3, -0.25) is 0 Å². The van der Waals surface area contributed by atoms with Crippen LogP contribution in [-0.2, 0) is 10.0 Å². The standard InChI is InChI=1S/C15H21FN2O2S/c16-13-6-2-5-12(7-13)14-8-18(9-15(14)17)21(19,20)10-11-3-1-4-11/h2,5-7,11,14-15H,1,3-4,8-10,17H2/t14-,15+/m0/s1. The highest BCUT2D eigenvalue weighted by Crippen LogP contribution is 2.32. The molecule has 2 aliphatic rings. The lowest BCUT2D eigenvalue weighted by molar-refractivity contribution is 0.339. The van der Waals surface area contributed by atoms with Crippen molar-refractivity contribution in [1.29, 1.82) is 0 Å². The average Bonchev–Trinajstić information content (AvgIpc) is 2.77. The van der Waals surface area contributed by atoms with E-state index in [2.05, 4.69) is 0 Å². The van der Waals surface area contributed by atoms with Crippen LogP contribution >= 0.6 is 0 Å². The molecule has 0 spiro atoms. The highest BCUT2D eigenvalue weighted by molar-refractivity contribution is 7.89. The third-order valence-corrected chi connectivity index (χ3v) is 6.65. The zero-order chi connectivity index (χ0) is 15.0. The van der Waals surface area contributed by atoms with E-state index >= 15 is 0 Å². The number of rotatable bonds is 4. The Hall–Kier alpha value is -0.980. The minimum absolute atomic E-state index is 0.128. The number of hydrogen-bond donors (Lipinski definition) is 1. The quantitative estimate of drug-likeness (QED) is 0.920. The summed E-state index contributed by atoms with van der Waals surface area (Å²) >= 11 is 0. The van der Waals surface area contributed by atoms with Gasteiger partial charge >= 0.3 is 0 Å². The Kier molecular flexibility index (Phi) is 4.03. The fraction of sp³-hybridized carbons (Fsp3) is 0.600. The summed E-state index contributed by atoms with van der Waals surface area (Å²) in [5.74, 6) is 0.0991. The number of halogens is 1. The molecule has 0 radical (unpaired) electrons. The van der Waals surface area contributed by atoms with Crippen molar-refractivity contribution in [3.05, 3.63) is 35.6 Å². The van der Waals surface area contributed by atoms with Crippen LogP contribution in [0.3, 0.4) is 0 Å². The minimum Gasteiger partial charge on any atom is -0.326 e. The molecule has 6 heteroatoms. The molecule has 1 aliphatic heterocycles. The Morgan fingerprint density at radius 2 is 2.05 bits per heavy atom. The summed E-state index contributed by atoms with van der Waals surface area (Å²) in [5.41, 5.74) is 6.88. The normalized spacial score (nSPS) is 27.7. The van der Waals surface area contributed by atoms with Crippen molar-refractivity contribution in [2.45, 2.75) is 31.2 Å². The maximum absolute atomic E-state index is 13.3. The summed E-state index contributed by atoms with van der Waals surface area (Å²) < 4.78 is 39.7. The van der Waals surface area contributed by atoms with E-state index in [1.54, 1.807) is 6.07 Å². The van der Waals surface area contributed by atoms with Crippen LogP contribution < -0.4 is 5.73 Å². The molecule has 0 amide bonds. The SMILES string of the molecule is N[C@@H]1CN(S(=O)(=O)CC2CCC2)C[C@H]1c1cccc(F)c1. The van der Waals surface area contributed by atoms with E-state index < -0.39 is 10.0 Å². The van der Waals surface area contributed by atoms with Crippen molar-refractivity contribution in [2.24, 2.45) is 11.7 Å². The maximum atomic E-state index is 13.3. The lowest BCUT2D eigenvalue weighted by atomic mass is 9.87. The van der Waals surface area contributed by atoms with Crippen molar-refractivity contribution in [3.8, 4) is 0 Å². The van der Waals surface area contributed by atoms with Gasteiger partial charge in [0.15, 0.2) is 0 Å². The number of benzene rings is 1. The van der Waals surface area contributed by atoms with Gasteiger partial charge in [-0.2, -0.15) is 4.31 Å². The summed E-state index contributed by atoms with van der Waals surface area (Å²) in [6, 6.07) is 6.02. The zero-order valence-electron chi connectivity index (χ0n) is 11.9. The Morgan fingerprint density at radius 3 is 2.67 bits per heavy atom. The highest BCUT2D eigenvalue weighted by Gasteiger charge is 2.39. The maximum Gasteiger partial charge on any atom is 0.214 e. The molecule has 21 heavy (non-hydrogen) atoms. The first-order chi connectivity index (χ1) is 9.95. The van der Waals surface area contributed by atoms with E-state index in [0.717, 1.165) is 24.8 Å². The van der Waals surface area contributed by atoms with Crippen LogP contribution in [0.5, 0.6) is 0 Å². The predicted molar refractivity (Wildman–Crippen MR) is 79.8 cm³/mol. The van der Waals surface area contributed by atoms with Gasteiger partial charge in [-0.15, -0.1) is 0 Å². The molecule has 0 bridgehead atoms. The van der Waals surface area contributed by atoms with Gasteiger partial charge < -0.3 is 5.73 Å². The number of nitrogens with zero attached hydrogens (tertiary/aromatic N) is 1. The molecule has 0 unspecified atom stereocenters. The summed E-state index contributed by atoms with van der Waals surface area (Å²) in [4.78, 5) is 0. The molecule has 1 aromatic rings. The zero-order valence-corrected chi connectivity index (χ0v) is 12.7. The van der Waals surface area contributed by atoms with Crippen LogP contribution in [0.15, 0.2) is 24.3 Å². The van der Waals surface area contributed by atoms with E-state index in [0.29, 0.717) is 19.0 Å². The summed E-state index contributed by atoms with van der Waals surface area (Å²) in [6.45, 7) is 0.690. The molecule has 2 fully saturated rings. The van der Waals surface area contributed by atoms with Crippen LogP contribution in [0.1, 0.15) is 30.7 Å². The van der Waals surface area contributed by atoms with Crippen LogP contribution in [0.2, 0.25) is 0 Å². The Morgan fingerprint density at radius 1 is 1.29 bits per heavy atom. The minimum atomic E-state index is -3.24. The molecule has 1 heterocycles. The highest BCUT2D eigenvalue weighted by atomic mass is 32.2. The van der Waals surface area contributed by atoms with Crippen molar-refractivity contribution < 1.29 is 12.8 Å². The summed E-state index contributed by atoms with van der Waals surface area (Å²) in [6.07, 6.45) is 3.14. The van der Waals surface area contributed by atoms with Gasteiger partial charge in [0.1, 0.15) is 5.82 Å². The second-order valence-corrected chi connectivity index (χ2v) is 8.23. The molecule has 116 valence electrons. The third kappa shape index (κ3) is 3.12. The van der Waals surface area contributed by atoms with Gasteiger partial charge in [0, 0.05) is 25.0 Å². The van der Waals surface area contributed by atoms with Crippen molar-refractivity contribution in [2.75, 3.05) is 18.8 Å². The van der Waals surface area contributed by atoms with Gasteiger partial charge in [-0.1, -0.05) is 18.6 Å². The summed E-state index contributed by atoms with van der Waals surface area (Å²) in [7, 11) is -3.24. The number of sulfonamides is 1. The van der Waals surface area contributed by atoms with E-state index in [9.17, 15) is 12.8 Å². The second kappa shape index (κ2) is 5.66. The first-order valence-corrected chi connectivity index (χ1v) is 9.05. The van der Waals surface area contributed by atoms with E-state index in [1.807, 2.05) is 6.07 Å². The predicted octanol–water partition coefficient (Wildman–Crippen LogP) is 1.68.